The van der Waals surface area contributed by atoms with E-state index in [-0.39, 0.29) is 29.1 Å². The molecule has 7 rings (SSSR count). The van der Waals surface area contributed by atoms with Gasteiger partial charge in [-0.1, -0.05) is 13.3 Å². The number of anilines is 3. The predicted octanol–water partition coefficient (Wildman–Crippen LogP) is 4.76. The average Bonchev–Trinajstić information content (AvgIpc) is 3.00. The molecule has 10 nitrogen and oxygen atoms in total. The lowest BCUT2D eigenvalue weighted by molar-refractivity contribution is -0.384. The van der Waals surface area contributed by atoms with E-state index < -0.39 is 15.8 Å². The minimum atomic E-state index is -0.614. The first-order chi connectivity index (χ1) is 19.4. The van der Waals surface area contributed by atoms with E-state index in [0.717, 1.165) is 42.4 Å². The maximum Gasteiger partial charge on any atom is 0.269 e. The van der Waals surface area contributed by atoms with Gasteiger partial charge >= 0.3 is 0 Å². The second kappa shape index (κ2) is 10.3. The van der Waals surface area contributed by atoms with E-state index >= 15 is 0 Å². The van der Waals surface area contributed by atoms with E-state index in [1.54, 1.807) is 13.3 Å². The van der Waals surface area contributed by atoms with Crippen molar-refractivity contribution in [2.45, 2.75) is 38.3 Å². The minimum absolute atomic E-state index is 0.0549. The van der Waals surface area contributed by atoms with E-state index in [4.69, 9.17) is 4.74 Å². The fraction of sp³-hybridized carbons (Fsp3) is 0.367. The second-order valence-corrected chi connectivity index (χ2v) is 10.8. The number of nitro groups is 1. The molecule has 0 saturated carbocycles. The maximum absolute atomic E-state index is 12.9. The van der Waals surface area contributed by atoms with Crippen LogP contribution >= 0.6 is 0 Å². The number of methoxy groups -OCH3 is 1. The Morgan fingerprint density at radius 3 is 2.58 bits per heavy atom. The lowest BCUT2D eigenvalue weighted by Gasteiger charge is -2.52. The van der Waals surface area contributed by atoms with Gasteiger partial charge in [0.05, 0.1) is 23.6 Å². The molecule has 3 saturated heterocycles. The van der Waals surface area contributed by atoms with Gasteiger partial charge in [-0.3, -0.25) is 29.6 Å². The largest absolute Gasteiger partial charge is 0.497 e. The molecule has 0 aliphatic carbocycles. The fourth-order valence-corrected chi connectivity index (χ4v) is 6.53. The Bertz CT molecular complexity index is 1650. The SMILES string of the molecule is CC[C@H]1CN2CC[C@H]1C[C@H]2[C@@H](Nc1c(Nc2ccc([N+](=O)[O-])cc2)c(=O)c1=O)c1ccnc2ccc(OC)cc12. The van der Waals surface area contributed by atoms with Crippen molar-refractivity contribution in [3.63, 3.8) is 0 Å². The highest BCUT2D eigenvalue weighted by atomic mass is 16.6. The van der Waals surface area contributed by atoms with Crippen molar-refractivity contribution >= 4 is 33.7 Å². The van der Waals surface area contributed by atoms with Crippen molar-refractivity contribution in [2.24, 2.45) is 11.8 Å². The van der Waals surface area contributed by atoms with Gasteiger partial charge in [-0.2, -0.15) is 0 Å². The summed E-state index contributed by atoms with van der Waals surface area (Å²) in [7, 11) is 1.63. The molecule has 0 amide bonds. The molecular weight excluding hydrogens is 510 g/mol. The van der Waals surface area contributed by atoms with Crippen LogP contribution in [0.5, 0.6) is 5.75 Å². The molecule has 3 aliphatic heterocycles. The lowest BCUT2D eigenvalue weighted by atomic mass is 9.72. The number of piperidine rings is 3. The monoisotopic (exact) mass is 541 g/mol. The molecule has 4 aromatic rings. The van der Waals surface area contributed by atoms with Crippen LogP contribution in [0.2, 0.25) is 0 Å². The van der Waals surface area contributed by atoms with Crippen LogP contribution in [0.15, 0.2) is 64.3 Å². The highest BCUT2D eigenvalue weighted by Crippen LogP contribution is 2.44. The first-order valence-corrected chi connectivity index (χ1v) is 13.7. The Balaban J connectivity index is 1.40. The molecular formula is C30H31N5O5. The Labute approximate surface area is 230 Å². The minimum Gasteiger partial charge on any atom is -0.497 e. The summed E-state index contributed by atoms with van der Waals surface area (Å²) >= 11 is 0. The van der Waals surface area contributed by atoms with Gasteiger partial charge in [0.2, 0.25) is 0 Å². The second-order valence-electron chi connectivity index (χ2n) is 10.8. The summed E-state index contributed by atoms with van der Waals surface area (Å²) in [6, 6.07) is 13.4. The van der Waals surface area contributed by atoms with Crippen molar-refractivity contribution in [1.82, 2.24) is 9.88 Å². The summed E-state index contributed by atoms with van der Waals surface area (Å²) in [5.74, 6) is 1.98. The Kier molecular flexibility index (Phi) is 6.71. The first kappa shape index (κ1) is 25.9. The first-order valence-electron chi connectivity index (χ1n) is 13.7. The third-order valence-electron chi connectivity index (χ3n) is 8.72. The van der Waals surface area contributed by atoms with E-state index in [1.807, 2.05) is 24.3 Å². The molecule has 10 heteroatoms. The normalized spacial score (nSPS) is 22.8. The van der Waals surface area contributed by atoms with Crippen LogP contribution in [0.25, 0.3) is 10.9 Å². The van der Waals surface area contributed by atoms with Gasteiger partial charge in [0.1, 0.15) is 17.1 Å². The molecule has 1 aromatic heterocycles. The Morgan fingerprint density at radius 1 is 1.12 bits per heavy atom. The van der Waals surface area contributed by atoms with Crippen LogP contribution < -0.4 is 26.2 Å². The van der Waals surface area contributed by atoms with Crippen LogP contribution in [0, 0.1) is 22.0 Å². The van der Waals surface area contributed by atoms with Crippen LogP contribution in [-0.2, 0) is 0 Å². The van der Waals surface area contributed by atoms with Crippen molar-refractivity contribution in [1.29, 1.82) is 0 Å². The number of aromatic nitrogens is 1. The molecule has 4 heterocycles. The van der Waals surface area contributed by atoms with Crippen molar-refractivity contribution in [3.8, 4) is 5.75 Å². The average molecular weight is 542 g/mol. The summed E-state index contributed by atoms with van der Waals surface area (Å²) in [4.78, 5) is 43.3. The highest BCUT2D eigenvalue weighted by Gasteiger charge is 2.44. The highest BCUT2D eigenvalue weighted by molar-refractivity contribution is 5.85. The van der Waals surface area contributed by atoms with E-state index in [1.165, 1.54) is 30.7 Å². The van der Waals surface area contributed by atoms with Gasteiger partial charge in [0.15, 0.2) is 0 Å². The van der Waals surface area contributed by atoms with Crippen molar-refractivity contribution < 1.29 is 9.66 Å². The number of benzene rings is 2. The van der Waals surface area contributed by atoms with Crippen molar-refractivity contribution in [3.05, 3.63) is 90.9 Å². The molecule has 3 aromatic carbocycles. The zero-order chi connectivity index (χ0) is 28.0. The zero-order valence-electron chi connectivity index (χ0n) is 22.4. The van der Waals surface area contributed by atoms with Gasteiger partial charge < -0.3 is 15.4 Å². The summed E-state index contributed by atoms with van der Waals surface area (Å²) in [5, 5.41) is 18.5. The molecule has 3 aliphatic rings. The van der Waals surface area contributed by atoms with Gasteiger partial charge in [0.25, 0.3) is 16.5 Å². The Hall–Kier alpha value is -4.31. The smallest absolute Gasteiger partial charge is 0.269 e. The van der Waals surface area contributed by atoms with E-state index in [9.17, 15) is 19.7 Å². The predicted molar refractivity (Wildman–Crippen MR) is 154 cm³/mol. The summed E-state index contributed by atoms with van der Waals surface area (Å²) in [6.07, 6.45) is 5.08. The van der Waals surface area contributed by atoms with Gasteiger partial charge in [0, 0.05) is 42.0 Å². The number of non-ortho nitro benzene ring substituents is 1. The summed E-state index contributed by atoms with van der Waals surface area (Å²) < 4.78 is 5.51. The number of nitrogens with one attached hydrogen (secondary N) is 2. The van der Waals surface area contributed by atoms with E-state index in [0.29, 0.717) is 23.3 Å². The van der Waals surface area contributed by atoms with Gasteiger partial charge in [-0.15, -0.1) is 0 Å². The molecule has 0 spiro atoms. The standard InChI is InChI=1S/C30H31N5O5/c1-3-17-16-34-13-11-18(17)14-25(34)26(22-10-12-31-24-9-8-21(40-2)15-23(22)24)33-28-27(29(36)30(28)37)32-19-4-6-20(7-5-19)35(38)39/h4-10,12,15,17-18,25-26,32-33H,3,11,13-14,16H2,1-2H3/t17-,18-,25-,26-/m0/s1. The number of hydrogen-bond acceptors (Lipinski definition) is 9. The van der Waals surface area contributed by atoms with Crippen LogP contribution in [0.4, 0.5) is 22.7 Å². The van der Waals surface area contributed by atoms with E-state index in [2.05, 4.69) is 27.4 Å². The number of fused-ring (bicyclic) bond motifs is 4. The molecule has 206 valence electrons. The number of pyridine rings is 1. The molecule has 5 atom stereocenters. The molecule has 3 fully saturated rings. The number of rotatable bonds is 9. The third-order valence-corrected chi connectivity index (χ3v) is 8.72. The topological polar surface area (TPSA) is 127 Å². The molecule has 0 radical (unpaired) electrons. The quantitative estimate of drug-likeness (QED) is 0.175. The summed E-state index contributed by atoms with van der Waals surface area (Å²) in [5.41, 5.74) is 1.46. The molecule has 2 bridgehead atoms. The van der Waals surface area contributed by atoms with Crippen LogP contribution in [-0.4, -0.2) is 41.0 Å². The molecule has 40 heavy (non-hydrogen) atoms. The molecule has 2 N–H and O–H groups in total. The summed E-state index contributed by atoms with van der Waals surface area (Å²) in [6.45, 7) is 4.26. The fourth-order valence-electron chi connectivity index (χ4n) is 6.53. The molecule has 1 unspecified atom stereocenters. The maximum atomic E-state index is 12.9. The number of nitrogens with zero attached hydrogens (tertiary/aromatic N) is 3. The third kappa shape index (κ3) is 4.48. The Morgan fingerprint density at radius 2 is 1.90 bits per heavy atom. The van der Waals surface area contributed by atoms with Gasteiger partial charge in [-0.25, -0.2) is 0 Å². The van der Waals surface area contributed by atoms with Gasteiger partial charge in [-0.05, 0) is 73.2 Å². The van der Waals surface area contributed by atoms with Crippen LogP contribution in [0.3, 0.4) is 0 Å². The number of nitro benzene ring substituents is 1. The number of hydrogen-bond donors (Lipinski definition) is 2. The van der Waals surface area contributed by atoms with Crippen LogP contribution in [0.1, 0.15) is 37.8 Å². The number of ether oxygens (including phenoxy) is 1. The van der Waals surface area contributed by atoms with Crippen molar-refractivity contribution in [2.75, 3.05) is 30.8 Å². The lowest BCUT2D eigenvalue weighted by Crippen LogP contribution is -2.56. The zero-order valence-corrected chi connectivity index (χ0v) is 22.4.